The van der Waals surface area contributed by atoms with Crippen LogP contribution in [0, 0.1) is 0 Å². The molecule has 122 valence electrons. The minimum absolute atomic E-state index is 0.0266. The Bertz CT molecular complexity index is 845. The van der Waals surface area contributed by atoms with E-state index in [1.54, 1.807) is 31.4 Å². The molecule has 2 aromatic carbocycles. The monoisotopic (exact) mass is 387 g/mol. The number of ether oxygens (including phenoxy) is 2. The van der Waals surface area contributed by atoms with Crippen molar-refractivity contribution in [1.82, 2.24) is 5.16 Å². The molecule has 0 radical (unpaired) electrons. The summed E-state index contributed by atoms with van der Waals surface area (Å²) in [7, 11) is 1.54. The Balaban J connectivity index is 1.68. The van der Waals surface area contributed by atoms with Gasteiger partial charge < -0.3 is 14.0 Å². The molecule has 0 bridgehead atoms. The Kier molecular flexibility index (Phi) is 4.96. The van der Waals surface area contributed by atoms with Gasteiger partial charge in [0.2, 0.25) is 0 Å². The largest absolute Gasteiger partial charge is 0.497 e. The maximum atomic E-state index is 12.2. The van der Waals surface area contributed by atoms with Crippen molar-refractivity contribution in [1.29, 1.82) is 0 Å². The average Bonchev–Trinajstić information content (AvgIpc) is 3.10. The molecule has 6 heteroatoms. The van der Waals surface area contributed by atoms with Gasteiger partial charge in [0, 0.05) is 16.1 Å². The first-order valence-corrected chi connectivity index (χ1v) is 7.98. The molecule has 0 atom stereocenters. The maximum Gasteiger partial charge on any atom is 0.339 e. The summed E-state index contributed by atoms with van der Waals surface area (Å²) in [5, 5.41) is 3.93. The van der Waals surface area contributed by atoms with Crippen molar-refractivity contribution >= 4 is 21.9 Å². The molecule has 0 N–H and O–H groups in total. The van der Waals surface area contributed by atoms with Crippen molar-refractivity contribution in [3.05, 3.63) is 70.3 Å². The second-order valence-electron chi connectivity index (χ2n) is 4.97. The average molecular weight is 388 g/mol. The van der Waals surface area contributed by atoms with Crippen LogP contribution in [0.4, 0.5) is 0 Å². The van der Waals surface area contributed by atoms with Crippen molar-refractivity contribution in [3.8, 4) is 17.1 Å². The second kappa shape index (κ2) is 7.31. The molecule has 0 unspecified atom stereocenters. The number of hydrogen-bond donors (Lipinski definition) is 0. The number of halogens is 1. The lowest BCUT2D eigenvalue weighted by molar-refractivity contribution is 0.0463. The Labute approximate surface area is 147 Å². The first kappa shape index (κ1) is 16.3. The van der Waals surface area contributed by atoms with Gasteiger partial charge in [-0.3, -0.25) is 0 Å². The SMILES string of the molecule is COc1ccc(Br)c(C(=O)OCc2cc(-c3ccccc3)on2)c1. The summed E-state index contributed by atoms with van der Waals surface area (Å²) in [5.74, 6) is 0.743. The van der Waals surface area contributed by atoms with E-state index in [1.165, 1.54) is 0 Å². The van der Waals surface area contributed by atoms with Crippen molar-refractivity contribution in [2.75, 3.05) is 7.11 Å². The Morgan fingerprint density at radius 2 is 1.96 bits per heavy atom. The lowest BCUT2D eigenvalue weighted by Crippen LogP contribution is -2.06. The number of hydrogen-bond acceptors (Lipinski definition) is 5. The van der Waals surface area contributed by atoms with E-state index in [2.05, 4.69) is 21.1 Å². The highest BCUT2D eigenvalue weighted by atomic mass is 79.9. The number of rotatable bonds is 5. The van der Waals surface area contributed by atoms with Crippen LogP contribution in [0.1, 0.15) is 16.1 Å². The third kappa shape index (κ3) is 3.65. The Morgan fingerprint density at radius 3 is 2.71 bits per heavy atom. The maximum absolute atomic E-state index is 12.2. The van der Waals surface area contributed by atoms with Crippen molar-refractivity contribution in [2.45, 2.75) is 6.61 Å². The Hall–Kier alpha value is -2.60. The molecule has 5 nitrogen and oxygen atoms in total. The number of methoxy groups -OCH3 is 1. The normalized spacial score (nSPS) is 10.4. The first-order chi connectivity index (χ1) is 11.7. The van der Waals surface area contributed by atoms with Crippen molar-refractivity contribution < 1.29 is 18.8 Å². The predicted molar refractivity (Wildman–Crippen MR) is 91.8 cm³/mol. The van der Waals surface area contributed by atoms with Crippen molar-refractivity contribution in [3.63, 3.8) is 0 Å². The Morgan fingerprint density at radius 1 is 1.17 bits per heavy atom. The molecular weight excluding hydrogens is 374 g/mol. The van der Waals surface area contributed by atoms with E-state index >= 15 is 0 Å². The zero-order valence-electron chi connectivity index (χ0n) is 12.9. The van der Waals surface area contributed by atoms with Crippen LogP contribution in [-0.2, 0) is 11.3 Å². The molecule has 0 aliphatic rings. The van der Waals surface area contributed by atoms with E-state index in [1.807, 2.05) is 30.3 Å². The van der Waals surface area contributed by atoms with E-state index < -0.39 is 5.97 Å². The number of carbonyl (C=O) groups excluding carboxylic acids is 1. The summed E-state index contributed by atoms with van der Waals surface area (Å²) in [6.45, 7) is 0.0266. The fraction of sp³-hybridized carbons (Fsp3) is 0.111. The highest BCUT2D eigenvalue weighted by Crippen LogP contribution is 2.24. The summed E-state index contributed by atoms with van der Waals surface area (Å²) in [6, 6.07) is 16.5. The lowest BCUT2D eigenvalue weighted by atomic mass is 10.2. The molecule has 0 aliphatic heterocycles. The minimum atomic E-state index is -0.468. The quantitative estimate of drug-likeness (QED) is 0.604. The molecule has 0 saturated heterocycles. The van der Waals surface area contributed by atoms with Gasteiger partial charge in [0.15, 0.2) is 5.76 Å². The van der Waals surface area contributed by atoms with E-state index in [4.69, 9.17) is 14.0 Å². The fourth-order valence-corrected chi connectivity index (χ4v) is 2.53. The molecule has 24 heavy (non-hydrogen) atoms. The van der Waals surface area contributed by atoms with Crippen LogP contribution < -0.4 is 4.74 Å². The third-order valence-electron chi connectivity index (χ3n) is 3.36. The molecule has 0 aliphatic carbocycles. The molecule has 1 heterocycles. The van der Waals surface area contributed by atoms with Crippen LogP contribution in [0.2, 0.25) is 0 Å². The number of aromatic nitrogens is 1. The zero-order valence-corrected chi connectivity index (χ0v) is 14.4. The van der Waals surface area contributed by atoms with Crippen molar-refractivity contribution in [2.24, 2.45) is 0 Å². The molecule has 0 saturated carbocycles. The summed E-state index contributed by atoms with van der Waals surface area (Å²) in [5.41, 5.74) is 1.85. The van der Waals surface area contributed by atoms with Gasteiger partial charge in [-0.15, -0.1) is 0 Å². The number of benzene rings is 2. The first-order valence-electron chi connectivity index (χ1n) is 7.19. The van der Waals surface area contributed by atoms with E-state index in [0.717, 1.165) is 5.56 Å². The van der Waals surface area contributed by atoms with Gasteiger partial charge >= 0.3 is 5.97 Å². The topological polar surface area (TPSA) is 61.6 Å². The standard InChI is InChI=1S/C18H14BrNO4/c1-22-14-7-8-16(19)15(10-14)18(21)23-11-13-9-17(24-20-13)12-5-3-2-4-6-12/h2-10H,11H2,1H3. The van der Waals surface area contributed by atoms with Gasteiger partial charge in [0.25, 0.3) is 0 Å². The fourth-order valence-electron chi connectivity index (χ4n) is 2.12. The predicted octanol–water partition coefficient (Wildman–Crippen LogP) is 4.47. The summed E-state index contributed by atoms with van der Waals surface area (Å²) in [6.07, 6.45) is 0. The van der Waals surface area contributed by atoms with E-state index in [0.29, 0.717) is 27.2 Å². The molecule has 0 fully saturated rings. The van der Waals surface area contributed by atoms with Gasteiger partial charge in [-0.05, 0) is 34.1 Å². The zero-order chi connectivity index (χ0) is 16.9. The molecule has 3 aromatic rings. The second-order valence-corrected chi connectivity index (χ2v) is 5.82. The molecule has 3 rings (SSSR count). The highest BCUT2D eigenvalue weighted by molar-refractivity contribution is 9.10. The van der Waals surface area contributed by atoms with E-state index in [-0.39, 0.29) is 6.61 Å². The summed E-state index contributed by atoms with van der Waals surface area (Å²) < 4.78 is 16.3. The number of esters is 1. The van der Waals surface area contributed by atoms with Crippen LogP contribution in [0.25, 0.3) is 11.3 Å². The van der Waals surface area contributed by atoms with Gasteiger partial charge in [0.1, 0.15) is 18.1 Å². The third-order valence-corrected chi connectivity index (χ3v) is 4.05. The summed E-state index contributed by atoms with van der Waals surface area (Å²) >= 11 is 3.33. The van der Waals surface area contributed by atoms with Crippen LogP contribution >= 0.6 is 15.9 Å². The number of carbonyl (C=O) groups is 1. The molecule has 1 aromatic heterocycles. The van der Waals surface area contributed by atoms with Crippen LogP contribution in [-0.4, -0.2) is 18.2 Å². The number of nitrogens with zero attached hydrogens (tertiary/aromatic N) is 1. The summed E-state index contributed by atoms with van der Waals surface area (Å²) in [4.78, 5) is 12.2. The van der Waals surface area contributed by atoms with E-state index in [9.17, 15) is 4.79 Å². The molecule has 0 spiro atoms. The van der Waals surface area contributed by atoms with Gasteiger partial charge in [-0.1, -0.05) is 35.5 Å². The molecular formula is C18H14BrNO4. The van der Waals surface area contributed by atoms with Crippen LogP contribution in [0.5, 0.6) is 5.75 Å². The lowest BCUT2D eigenvalue weighted by Gasteiger charge is -2.06. The highest BCUT2D eigenvalue weighted by Gasteiger charge is 2.14. The van der Waals surface area contributed by atoms with Gasteiger partial charge in [0.05, 0.1) is 12.7 Å². The van der Waals surface area contributed by atoms with Crippen LogP contribution in [0.15, 0.2) is 63.6 Å². The minimum Gasteiger partial charge on any atom is -0.497 e. The van der Waals surface area contributed by atoms with Gasteiger partial charge in [-0.2, -0.15) is 0 Å². The van der Waals surface area contributed by atoms with Crippen LogP contribution in [0.3, 0.4) is 0 Å². The smallest absolute Gasteiger partial charge is 0.339 e. The molecule has 0 amide bonds. The van der Waals surface area contributed by atoms with Gasteiger partial charge in [-0.25, -0.2) is 4.79 Å².